The molecule has 0 amide bonds. The van der Waals surface area contributed by atoms with E-state index in [1.54, 1.807) is 6.20 Å². The molecule has 0 bridgehead atoms. The van der Waals surface area contributed by atoms with Gasteiger partial charge in [0.15, 0.2) is 0 Å². The van der Waals surface area contributed by atoms with Gasteiger partial charge in [0, 0.05) is 12.1 Å². The molecule has 2 aromatic carbocycles. The van der Waals surface area contributed by atoms with Gasteiger partial charge in [-0.3, -0.25) is 0 Å². The molecule has 0 unspecified atom stereocenters. The van der Waals surface area contributed by atoms with Crippen LogP contribution in [0.3, 0.4) is 0 Å². The van der Waals surface area contributed by atoms with Crippen molar-refractivity contribution in [3.8, 4) is 11.6 Å². The summed E-state index contributed by atoms with van der Waals surface area (Å²) < 4.78 is 5.75. The molecular formula is C15H13N3O. The van der Waals surface area contributed by atoms with Gasteiger partial charge >= 0.3 is 0 Å². The highest BCUT2D eigenvalue weighted by atomic mass is 16.5. The Bertz CT molecular complexity index is 712. The van der Waals surface area contributed by atoms with Crippen LogP contribution in [0.5, 0.6) is 11.6 Å². The molecule has 0 radical (unpaired) electrons. The van der Waals surface area contributed by atoms with Crippen molar-refractivity contribution in [2.45, 2.75) is 6.54 Å². The maximum absolute atomic E-state index is 5.75. The molecule has 94 valence electrons. The third-order valence-corrected chi connectivity index (χ3v) is 2.92. The number of nitrogens with two attached hydrogens (primary N) is 1. The Morgan fingerprint density at radius 2 is 1.84 bits per heavy atom. The molecule has 4 heteroatoms. The molecule has 1 aromatic heterocycles. The van der Waals surface area contributed by atoms with Crippen LogP contribution in [0.2, 0.25) is 0 Å². The summed E-state index contributed by atoms with van der Waals surface area (Å²) >= 11 is 0. The number of ether oxygens (including phenoxy) is 1. The van der Waals surface area contributed by atoms with E-state index in [4.69, 9.17) is 10.5 Å². The Labute approximate surface area is 110 Å². The predicted octanol–water partition coefficient (Wildman–Crippen LogP) is 2.88. The van der Waals surface area contributed by atoms with Gasteiger partial charge in [-0.2, -0.15) is 5.10 Å². The summed E-state index contributed by atoms with van der Waals surface area (Å²) in [6.45, 7) is 0.373. The van der Waals surface area contributed by atoms with Crippen LogP contribution in [0.4, 0.5) is 0 Å². The lowest BCUT2D eigenvalue weighted by Gasteiger charge is -2.08. The van der Waals surface area contributed by atoms with E-state index in [2.05, 4.69) is 16.3 Å². The Hall–Kier alpha value is -2.46. The zero-order valence-electron chi connectivity index (χ0n) is 10.3. The van der Waals surface area contributed by atoms with Crippen molar-refractivity contribution in [2.75, 3.05) is 0 Å². The number of hydrogen-bond acceptors (Lipinski definition) is 4. The Balaban J connectivity index is 1.96. The summed E-state index contributed by atoms with van der Waals surface area (Å²) in [6.07, 6.45) is 1.61. The highest BCUT2D eigenvalue weighted by Gasteiger charge is 2.05. The molecule has 0 atom stereocenters. The molecule has 0 saturated heterocycles. The number of hydrogen-bond donors (Lipinski definition) is 1. The number of nitrogens with zero attached hydrogens (tertiary/aromatic N) is 2. The van der Waals surface area contributed by atoms with Crippen molar-refractivity contribution in [3.05, 3.63) is 60.3 Å². The van der Waals surface area contributed by atoms with Gasteiger partial charge in [-0.1, -0.05) is 30.3 Å². The first-order valence-corrected chi connectivity index (χ1v) is 6.04. The van der Waals surface area contributed by atoms with E-state index >= 15 is 0 Å². The van der Waals surface area contributed by atoms with Crippen LogP contribution in [0.1, 0.15) is 5.56 Å². The lowest BCUT2D eigenvalue weighted by Crippen LogP contribution is -2.02. The Morgan fingerprint density at radius 1 is 1.00 bits per heavy atom. The summed E-state index contributed by atoms with van der Waals surface area (Å²) in [5.74, 6) is 1.19. The summed E-state index contributed by atoms with van der Waals surface area (Å²) in [4.78, 5) is 0. The van der Waals surface area contributed by atoms with Crippen molar-refractivity contribution >= 4 is 10.8 Å². The highest BCUT2D eigenvalue weighted by Crippen LogP contribution is 2.25. The minimum Gasteiger partial charge on any atom is -0.437 e. The zero-order chi connectivity index (χ0) is 13.1. The summed E-state index contributed by atoms with van der Waals surface area (Å²) in [5.41, 5.74) is 6.48. The fourth-order valence-corrected chi connectivity index (χ4v) is 1.93. The molecule has 3 rings (SSSR count). The smallest absolute Gasteiger partial charge is 0.243 e. The molecule has 0 aliphatic rings. The van der Waals surface area contributed by atoms with Crippen molar-refractivity contribution in [2.24, 2.45) is 5.73 Å². The molecule has 4 nitrogen and oxygen atoms in total. The fraction of sp³-hybridized carbons (Fsp3) is 0.0667. The largest absolute Gasteiger partial charge is 0.437 e. The van der Waals surface area contributed by atoms with Gasteiger partial charge in [0.25, 0.3) is 0 Å². The Kier molecular flexibility index (Phi) is 3.08. The summed E-state index contributed by atoms with van der Waals surface area (Å²) in [5, 5.41) is 10.1. The standard InChI is InChI=1S/C15H13N3O/c16-10-13-7-8-17-18-15(13)19-14-6-5-11-3-1-2-4-12(11)9-14/h1-9H,10,16H2. The van der Waals surface area contributed by atoms with Gasteiger partial charge in [-0.15, -0.1) is 5.10 Å². The zero-order valence-corrected chi connectivity index (χ0v) is 10.3. The fourth-order valence-electron chi connectivity index (χ4n) is 1.93. The molecule has 2 N–H and O–H groups in total. The minimum atomic E-state index is 0.373. The molecular weight excluding hydrogens is 238 g/mol. The quantitative estimate of drug-likeness (QED) is 0.777. The summed E-state index contributed by atoms with van der Waals surface area (Å²) in [7, 11) is 0. The van der Waals surface area contributed by atoms with Crippen LogP contribution >= 0.6 is 0 Å². The van der Waals surface area contributed by atoms with E-state index in [1.807, 2.05) is 42.5 Å². The van der Waals surface area contributed by atoms with E-state index in [1.165, 1.54) is 5.39 Å². The first-order chi connectivity index (χ1) is 9.36. The molecule has 3 aromatic rings. The van der Waals surface area contributed by atoms with E-state index in [0.29, 0.717) is 12.4 Å². The second-order valence-corrected chi connectivity index (χ2v) is 4.18. The van der Waals surface area contributed by atoms with E-state index in [0.717, 1.165) is 16.7 Å². The van der Waals surface area contributed by atoms with Gasteiger partial charge in [-0.25, -0.2) is 0 Å². The van der Waals surface area contributed by atoms with Gasteiger partial charge in [0.2, 0.25) is 5.88 Å². The Morgan fingerprint density at radius 3 is 2.68 bits per heavy atom. The van der Waals surface area contributed by atoms with Crippen molar-refractivity contribution in [1.29, 1.82) is 0 Å². The maximum Gasteiger partial charge on any atom is 0.243 e. The van der Waals surface area contributed by atoms with Crippen molar-refractivity contribution in [3.63, 3.8) is 0 Å². The molecule has 1 heterocycles. The third kappa shape index (κ3) is 2.39. The molecule has 0 saturated carbocycles. The van der Waals surface area contributed by atoms with Crippen LogP contribution in [0.15, 0.2) is 54.7 Å². The topological polar surface area (TPSA) is 61.0 Å². The van der Waals surface area contributed by atoms with Crippen LogP contribution in [0, 0.1) is 0 Å². The maximum atomic E-state index is 5.75. The molecule has 0 aliphatic carbocycles. The van der Waals surface area contributed by atoms with E-state index < -0.39 is 0 Å². The third-order valence-electron chi connectivity index (χ3n) is 2.92. The van der Waals surface area contributed by atoms with Gasteiger partial charge < -0.3 is 10.5 Å². The van der Waals surface area contributed by atoms with Crippen molar-refractivity contribution < 1.29 is 4.74 Å². The lowest BCUT2D eigenvalue weighted by molar-refractivity contribution is 0.449. The first-order valence-electron chi connectivity index (χ1n) is 6.04. The first kappa shape index (κ1) is 11.6. The van der Waals surface area contributed by atoms with Crippen LogP contribution < -0.4 is 10.5 Å². The van der Waals surface area contributed by atoms with Crippen LogP contribution in [-0.2, 0) is 6.54 Å². The predicted molar refractivity (Wildman–Crippen MR) is 73.9 cm³/mol. The van der Waals surface area contributed by atoms with Crippen molar-refractivity contribution in [1.82, 2.24) is 10.2 Å². The number of aromatic nitrogens is 2. The molecule has 0 aliphatic heterocycles. The average Bonchev–Trinajstić information content (AvgIpc) is 2.48. The number of fused-ring (bicyclic) bond motifs is 1. The SMILES string of the molecule is NCc1ccnnc1Oc1ccc2ccccc2c1. The highest BCUT2D eigenvalue weighted by molar-refractivity contribution is 5.83. The monoisotopic (exact) mass is 251 g/mol. The molecule has 0 fully saturated rings. The van der Waals surface area contributed by atoms with Crippen LogP contribution in [0.25, 0.3) is 10.8 Å². The van der Waals surface area contributed by atoms with E-state index in [-0.39, 0.29) is 0 Å². The van der Waals surface area contributed by atoms with Gasteiger partial charge in [-0.05, 0) is 29.0 Å². The average molecular weight is 251 g/mol. The van der Waals surface area contributed by atoms with Crippen LogP contribution in [-0.4, -0.2) is 10.2 Å². The summed E-state index contributed by atoms with van der Waals surface area (Å²) in [6, 6.07) is 15.8. The normalized spacial score (nSPS) is 10.6. The van der Waals surface area contributed by atoms with Gasteiger partial charge in [0.1, 0.15) is 5.75 Å². The second-order valence-electron chi connectivity index (χ2n) is 4.18. The van der Waals surface area contributed by atoms with E-state index in [9.17, 15) is 0 Å². The minimum absolute atomic E-state index is 0.373. The second kappa shape index (κ2) is 5.04. The van der Waals surface area contributed by atoms with Gasteiger partial charge in [0.05, 0.1) is 6.20 Å². The molecule has 19 heavy (non-hydrogen) atoms. The number of rotatable bonds is 3. The lowest BCUT2D eigenvalue weighted by atomic mass is 10.1. The molecule has 0 spiro atoms. The number of benzene rings is 2.